The van der Waals surface area contributed by atoms with E-state index in [9.17, 15) is 0 Å². The van der Waals surface area contributed by atoms with Crippen LogP contribution in [0.1, 0.15) is 43.2 Å². The van der Waals surface area contributed by atoms with Gasteiger partial charge in [0.1, 0.15) is 5.75 Å². The maximum Gasteiger partial charge on any atom is 0.140 e. The van der Waals surface area contributed by atoms with Crippen LogP contribution < -0.4 is 10.5 Å². The quantitative estimate of drug-likeness (QED) is 0.871. The van der Waals surface area contributed by atoms with Crippen LogP contribution in [-0.4, -0.2) is 7.11 Å². The van der Waals surface area contributed by atoms with Crippen LogP contribution in [0.4, 0.5) is 0 Å². The minimum atomic E-state index is -0.268. The molecule has 1 aliphatic carbocycles. The number of benzene rings is 1. The molecule has 2 nitrogen and oxygen atoms in total. The van der Waals surface area contributed by atoms with Gasteiger partial charge in [0.25, 0.3) is 0 Å². The van der Waals surface area contributed by atoms with Crippen molar-refractivity contribution in [3.63, 3.8) is 0 Å². The van der Waals surface area contributed by atoms with Crippen LogP contribution in [-0.2, 0) is 5.54 Å². The molecule has 0 amide bonds. The molecule has 2 rings (SSSR count). The molecule has 0 radical (unpaired) electrons. The topological polar surface area (TPSA) is 35.2 Å². The fourth-order valence-electron chi connectivity index (χ4n) is 2.74. The van der Waals surface area contributed by atoms with E-state index in [4.69, 9.17) is 22.1 Å². The fraction of sp³-hybridized carbons (Fsp3) is 0.571. The van der Waals surface area contributed by atoms with Crippen molar-refractivity contribution < 1.29 is 4.74 Å². The summed E-state index contributed by atoms with van der Waals surface area (Å²) in [6, 6.07) is 4.11. The highest BCUT2D eigenvalue weighted by Gasteiger charge is 2.32. The van der Waals surface area contributed by atoms with Crippen LogP contribution >= 0.6 is 11.6 Å². The van der Waals surface area contributed by atoms with Crippen LogP contribution in [0, 0.1) is 6.92 Å². The second-order valence-electron chi connectivity index (χ2n) is 4.99. The Hall–Kier alpha value is -0.730. The molecule has 0 bridgehead atoms. The first-order valence-corrected chi connectivity index (χ1v) is 6.59. The molecule has 0 atom stereocenters. The summed E-state index contributed by atoms with van der Waals surface area (Å²) in [4.78, 5) is 0. The van der Waals surface area contributed by atoms with E-state index in [1.165, 1.54) is 19.3 Å². The lowest BCUT2D eigenvalue weighted by molar-refractivity contribution is 0.301. The average Bonchev–Trinajstić information content (AvgIpc) is 2.30. The molecule has 1 fully saturated rings. The molecule has 94 valence electrons. The molecule has 1 saturated carbocycles. The number of halogens is 1. The van der Waals surface area contributed by atoms with E-state index in [-0.39, 0.29) is 5.54 Å². The Morgan fingerprint density at radius 3 is 2.47 bits per heavy atom. The van der Waals surface area contributed by atoms with Crippen LogP contribution in [0.15, 0.2) is 12.1 Å². The average molecular weight is 254 g/mol. The Morgan fingerprint density at radius 1 is 1.24 bits per heavy atom. The molecule has 0 unspecified atom stereocenters. The third-order valence-electron chi connectivity index (χ3n) is 3.78. The van der Waals surface area contributed by atoms with Gasteiger partial charge < -0.3 is 10.5 Å². The summed E-state index contributed by atoms with van der Waals surface area (Å²) in [6.07, 6.45) is 5.67. The molecule has 0 heterocycles. The monoisotopic (exact) mass is 253 g/mol. The zero-order chi connectivity index (χ0) is 12.5. The number of ether oxygens (including phenoxy) is 1. The molecule has 1 aliphatic rings. The normalized spacial score (nSPS) is 19.1. The molecule has 0 spiro atoms. The molecular formula is C14H20ClNO. The lowest BCUT2D eigenvalue weighted by atomic mass is 9.77. The molecule has 3 heteroatoms. The molecule has 17 heavy (non-hydrogen) atoms. The van der Waals surface area contributed by atoms with Crippen molar-refractivity contribution in [3.8, 4) is 5.75 Å². The highest BCUT2D eigenvalue weighted by Crippen LogP contribution is 2.42. The molecule has 0 aliphatic heterocycles. The van der Waals surface area contributed by atoms with Gasteiger partial charge >= 0.3 is 0 Å². The molecule has 0 saturated heterocycles. The summed E-state index contributed by atoms with van der Waals surface area (Å²) in [5, 5.41) is 0.692. The Labute approximate surface area is 108 Å². The molecule has 1 aromatic rings. The van der Waals surface area contributed by atoms with E-state index in [1.54, 1.807) is 7.11 Å². The summed E-state index contributed by atoms with van der Waals surface area (Å²) in [6.45, 7) is 2.00. The van der Waals surface area contributed by atoms with Crippen molar-refractivity contribution >= 4 is 11.6 Å². The smallest absolute Gasteiger partial charge is 0.140 e. The number of rotatable bonds is 2. The number of methoxy groups -OCH3 is 1. The van der Waals surface area contributed by atoms with Crippen LogP contribution in [0.25, 0.3) is 0 Å². The third kappa shape index (κ3) is 2.29. The van der Waals surface area contributed by atoms with Gasteiger partial charge in [-0.15, -0.1) is 0 Å². The van der Waals surface area contributed by atoms with Crippen LogP contribution in [0.5, 0.6) is 5.75 Å². The number of hydrogen-bond donors (Lipinski definition) is 1. The van der Waals surface area contributed by atoms with Gasteiger partial charge in [0.2, 0.25) is 0 Å². The van der Waals surface area contributed by atoms with Crippen molar-refractivity contribution in [2.75, 3.05) is 7.11 Å². The van der Waals surface area contributed by atoms with Gasteiger partial charge in [-0.2, -0.15) is 0 Å². The van der Waals surface area contributed by atoms with E-state index in [0.717, 1.165) is 29.7 Å². The minimum Gasteiger partial charge on any atom is -0.495 e. The van der Waals surface area contributed by atoms with E-state index >= 15 is 0 Å². The summed E-state index contributed by atoms with van der Waals surface area (Å²) in [7, 11) is 1.65. The summed E-state index contributed by atoms with van der Waals surface area (Å²) in [5.41, 5.74) is 8.35. The predicted molar refractivity (Wildman–Crippen MR) is 71.7 cm³/mol. The van der Waals surface area contributed by atoms with E-state index in [1.807, 2.05) is 13.0 Å². The number of nitrogens with two attached hydrogens (primary N) is 1. The maximum atomic E-state index is 6.51. The zero-order valence-electron chi connectivity index (χ0n) is 10.6. The molecular weight excluding hydrogens is 234 g/mol. The maximum absolute atomic E-state index is 6.51. The second kappa shape index (κ2) is 4.87. The van der Waals surface area contributed by atoms with Gasteiger partial charge in [-0.25, -0.2) is 0 Å². The SMILES string of the molecule is COc1c(C)ccc(C2(N)CCCCC2)c1Cl. The van der Waals surface area contributed by atoms with Crippen molar-refractivity contribution in [1.29, 1.82) is 0 Å². The largest absolute Gasteiger partial charge is 0.495 e. The van der Waals surface area contributed by atoms with E-state index in [0.29, 0.717) is 5.02 Å². The summed E-state index contributed by atoms with van der Waals surface area (Å²) in [5.74, 6) is 0.763. The van der Waals surface area contributed by atoms with Crippen LogP contribution in [0.2, 0.25) is 5.02 Å². The second-order valence-corrected chi connectivity index (χ2v) is 5.37. The lowest BCUT2D eigenvalue weighted by Gasteiger charge is -2.35. The first-order chi connectivity index (χ1) is 8.08. The predicted octanol–water partition coefficient (Wildman–Crippen LogP) is 3.78. The van der Waals surface area contributed by atoms with Gasteiger partial charge in [0, 0.05) is 5.54 Å². The Morgan fingerprint density at radius 2 is 1.88 bits per heavy atom. The summed E-state index contributed by atoms with van der Waals surface area (Å²) >= 11 is 6.43. The van der Waals surface area contributed by atoms with Crippen molar-refractivity contribution in [2.24, 2.45) is 5.73 Å². The summed E-state index contributed by atoms with van der Waals surface area (Å²) < 4.78 is 5.36. The van der Waals surface area contributed by atoms with Gasteiger partial charge in [-0.05, 0) is 30.9 Å². The fourth-order valence-corrected chi connectivity index (χ4v) is 3.22. The number of hydrogen-bond acceptors (Lipinski definition) is 2. The van der Waals surface area contributed by atoms with Gasteiger partial charge in [-0.3, -0.25) is 0 Å². The highest BCUT2D eigenvalue weighted by atomic mass is 35.5. The Bertz CT molecular complexity index is 411. The molecule has 0 aromatic heterocycles. The van der Waals surface area contributed by atoms with Crippen molar-refractivity contribution in [3.05, 3.63) is 28.3 Å². The first-order valence-electron chi connectivity index (χ1n) is 6.21. The van der Waals surface area contributed by atoms with E-state index < -0.39 is 0 Å². The Kier molecular flexibility index (Phi) is 3.64. The Balaban J connectivity index is 2.44. The van der Waals surface area contributed by atoms with Crippen molar-refractivity contribution in [1.82, 2.24) is 0 Å². The molecule has 2 N–H and O–H groups in total. The third-order valence-corrected chi connectivity index (χ3v) is 4.16. The van der Waals surface area contributed by atoms with Gasteiger partial charge in [0.05, 0.1) is 12.1 Å². The highest BCUT2D eigenvalue weighted by molar-refractivity contribution is 6.33. The van der Waals surface area contributed by atoms with Crippen molar-refractivity contribution in [2.45, 2.75) is 44.6 Å². The standard InChI is InChI=1S/C14H20ClNO/c1-10-6-7-11(12(15)13(10)17-2)14(16)8-4-3-5-9-14/h6-7H,3-5,8-9,16H2,1-2H3. The first kappa shape index (κ1) is 12.7. The minimum absolute atomic E-state index is 0.268. The van der Waals surface area contributed by atoms with Crippen LogP contribution in [0.3, 0.4) is 0 Å². The molecule has 1 aromatic carbocycles. The van der Waals surface area contributed by atoms with Gasteiger partial charge in [0.15, 0.2) is 0 Å². The van der Waals surface area contributed by atoms with Gasteiger partial charge in [-0.1, -0.05) is 43.0 Å². The van der Waals surface area contributed by atoms with E-state index in [2.05, 4.69) is 6.07 Å². The number of aryl methyl sites for hydroxylation is 1. The zero-order valence-corrected chi connectivity index (χ0v) is 11.3. The lowest BCUT2D eigenvalue weighted by Crippen LogP contribution is -2.38.